The van der Waals surface area contributed by atoms with Gasteiger partial charge in [0.05, 0.1) is 11.9 Å². The molecule has 2 aliphatic heterocycles. The molecule has 25 heavy (non-hydrogen) atoms. The van der Waals surface area contributed by atoms with E-state index in [0.29, 0.717) is 17.9 Å². The first-order valence-corrected chi connectivity index (χ1v) is 10.6. The summed E-state index contributed by atoms with van der Waals surface area (Å²) >= 11 is 1.70. The van der Waals surface area contributed by atoms with E-state index in [9.17, 15) is 4.79 Å². The molecule has 5 heteroatoms. The highest BCUT2D eigenvalue weighted by atomic mass is 32.2. The first-order chi connectivity index (χ1) is 12.2. The van der Waals surface area contributed by atoms with Gasteiger partial charge in [0.25, 0.3) is 0 Å². The fourth-order valence-electron chi connectivity index (χ4n) is 3.63. The minimum Gasteiger partial charge on any atom is -0.377 e. The Labute approximate surface area is 155 Å². The van der Waals surface area contributed by atoms with E-state index in [4.69, 9.17) is 4.74 Å². The number of hydrogen-bond acceptors (Lipinski definition) is 4. The van der Waals surface area contributed by atoms with Crippen molar-refractivity contribution in [3.8, 4) is 0 Å². The van der Waals surface area contributed by atoms with Gasteiger partial charge in [-0.25, -0.2) is 0 Å². The molecule has 2 aliphatic rings. The van der Waals surface area contributed by atoms with Crippen LogP contribution in [0.4, 0.5) is 0 Å². The van der Waals surface area contributed by atoms with Gasteiger partial charge in [-0.15, -0.1) is 11.8 Å². The molecule has 1 aromatic rings. The van der Waals surface area contributed by atoms with Crippen LogP contribution in [0, 0.1) is 6.92 Å². The largest absolute Gasteiger partial charge is 0.377 e. The summed E-state index contributed by atoms with van der Waals surface area (Å²) in [6.45, 7) is 6.26. The van der Waals surface area contributed by atoms with E-state index < -0.39 is 0 Å². The van der Waals surface area contributed by atoms with E-state index in [-0.39, 0.29) is 5.91 Å². The number of nitrogens with one attached hydrogen (secondary N) is 1. The van der Waals surface area contributed by atoms with E-state index >= 15 is 0 Å². The highest BCUT2D eigenvalue weighted by molar-refractivity contribution is 7.99. The predicted molar refractivity (Wildman–Crippen MR) is 104 cm³/mol. The molecule has 0 radical (unpaired) electrons. The standard InChI is InChI=1S/C20H30N2O2S/c1-16-5-2-3-6-17(16)14-25-15-20(23)21-18-8-10-22(11-9-18)13-19-7-4-12-24-19/h2-3,5-6,18-19H,4,7-15H2,1H3,(H,21,23)/t19-/m0/s1. The van der Waals surface area contributed by atoms with Crippen molar-refractivity contribution in [3.05, 3.63) is 35.4 Å². The monoisotopic (exact) mass is 362 g/mol. The van der Waals surface area contributed by atoms with Crippen molar-refractivity contribution < 1.29 is 9.53 Å². The number of thioether (sulfide) groups is 1. The zero-order valence-electron chi connectivity index (χ0n) is 15.2. The van der Waals surface area contributed by atoms with Crippen LogP contribution in [0.1, 0.15) is 36.8 Å². The van der Waals surface area contributed by atoms with Crippen LogP contribution in [0.5, 0.6) is 0 Å². The molecule has 3 rings (SSSR count). The van der Waals surface area contributed by atoms with Gasteiger partial charge in [-0.05, 0) is 43.7 Å². The fourth-order valence-corrected chi connectivity index (χ4v) is 4.55. The van der Waals surface area contributed by atoms with E-state index in [1.165, 1.54) is 24.0 Å². The van der Waals surface area contributed by atoms with Crippen molar-refractivity contribution in [2.45, 2.75) is 50.5 Å². The van der Waals surface area contributed by atoms with Crippen LogP contribution in [0.3, 0.4) is 0 Å². The first-order valence-electron chi connectivity index (χ1n) is 9.46. The molecular weight excluding hydrogens is 332 g/mol. The molecule has 1 aromatic carbocycles. The Balaban J connectivity index is 1.30. The first kappa shape index (κ1) is 18.7. The molecule has 0 unspecified atom stereocenters. The lowest BCUT2D eigenvalue weighted by atomic mass is 10.0. The lowest BCUT2D eigenvalue weighted by molar-refractivity contribution is -0.119. The number of benzene rings is 1. The summed E-state index contributed by atoms with van der Waals surface area (Å²) in [4.78, 5) is 14.7. The van der Waals surface area contributed by atoms with Gasteiger partial charge in [-0.3, -0.25) is 4.79 Å². The maximum Gasteiger partial charge on any atom is 0.230 e. The van der Waals surface area contributed by atoms with Crippen LogP contribution < -0.4 is 5.32 Å². The molecule has 1 atom stereocenters. The maximum atomic E-state index is 12.2. The van der Waals surface area contributed by atoms with Gasteiger partial charge in [0.2, 0.25) is 5.91 Å². The van der Waals surface area contributed by atoms with Crippen molar-refractivity contribution in [2.24, 2.45) is 0 Å². The number of ether oxygens (including phenoxy) is 1. The van der Waals surface area contributed by atoms with Gasteiger partial charge in [0.1, 0.15) is 0 Å². The molecule has 138 valence electrons. The highest BCUT2D eigenvalue weighted by Crippen LogP contribution is 2.18. The van der Waals surface area contributed by atoms with E-state index in [1.807, 2.05) is 0 Å². The molecule has 1 N–H and O–H groups in total. The average Bonchev–Trinajstić information content (AvgIpc) is 3.11. The number of likely N-dealkylation sites (tertiary alicyclic amines) is 1. The number of carbonyl (C=O) groups excluding carboxylic acids is 1. The molecule has 2 fully saturated rings. The van der Waals surface area contributed by atoms with Gasteiger partial charge < -0.3 is 15.0 Å². The SMILES string of the molecule is Cc1ccccc1CSCC(=O)NC1CCN(C[C@@H]2CCCO2)CC1. The molecule has 0 saturated carbocycles. The van der Waals surface area contributed by atoms with Crippen molar-refractivity contribution >= 4 is 17.7 Å². The number of hydrogen-bond donors (Lipinski definition) is 1. The number of nitrogens with zero attached hydrogens (tertiary/aromatic N) is 1. The topological polar surface area (TPSA) is 41.6 Å². The Bertz CT molecular complexity index is 552. The molecule has 4 nitrogen and oxygen atoms in total. The third-order valence-corrected chi connectivity index (χ3v) is 6.17. The van der Waals surface area contributed by atoms with Crippen molar-refractivity contribution in [2.75, 3.05) is 32.0 Å². The number of piperidine rings is 1. The van der Waals surface area contributed by atoms with Crippen LogP contribution in [-0.4, -0.2) is 54.9 Å². The fraction of sp³-hybridized carbons (Fsp3) is 0.650. The summed E-state index contributed by atoms with van der Waals surface area (Å²) in [5.74, 6) is 1.63. The van der Waals surface area contributed by atoms with Crippen LogP contribution in [0.15, 0.2) is 24.3 Å². The minimum absolute atomic E-state index is 0.177. The van der Waals surface area contributed by atoms with Gasteiger partial charge in [0, 0.05) is 38.0 Å². The summed E-state index contributed by atoms with van der Waals surface area (Å²) in [6, 6.07) is 8.73. The third kappa shape index (κ3) is 6.01. The maximum absolute atomic E-state index is 12.2. The van der Waals surface area contributed by atoms with Gasteiger partial charge in [-0.1, -0.05) is 24.3 Å². The van der Waals surface area contributed by atoms with Gasteiger partial charge in [-0.2, -0.15) is 0 Å². The van der Waals surface area contributed by atoms with Crippen molar-refractivity contribution in [1.82, 2.24) is 10.2 Å². The van der Waals surface area contributed by atoms with Crippen LogP contribution in [0.2, 0.25) is 0 Å². The summed E-state index contributed by atoms with van der Waals surface area (Å²) in [6.07, 6.45) is 4.96. The number of carbonyl (C=O) groups is 1. The van der Waals surface area contributed by atoms with E-state index in [0.717, 1.165) is 44.8 Å². The Morgan fingerprint density at radius 3 is 2.80 bits per heavy atom. The second-order valence-electron chi connectivity index (χ2n) is 7.20. The van der Waals surface area contributed by atoms with Crippen molar-refractivity contribution in [1.29, 1.82) is 0 Å². The molecule has 2 saturated heterocycles. The normalized spacial score (nSPS) is 22.2. The number of rotatable bonds is 7. The van der Waals surface area contributed by atoms with Crippen LogP contribution >= 0.6 is 11.8 Å². The van der Waals surface area contributed by atoms with Gasteiger partial charge >= 0.3 is 0 Å². The van der Waals surface area contributed by atoms with Crippen molar-refractivity contribution in [3.63, 3.8) is 0 Å². The molecular formula is C20H30N2O2S. The average molecular weight is 363 g/mol. The Kier molecular flexibility index (Phi) is 7.20. The molecule has 0 aliphatic carbocycles. The summed E-state index contributed by atoms with van der Waals surface area (Å²) in [5.41, 5.74) is 2.62. The second kappa shape index (κ2) is 9.60. The van der Waals surface area contributed by atoms with Gasteiger partial charge in [0.15, 0.2) is 0 Å². The Hall–Kier alpha value is -1.04. The zero-order chi connectivity index (χ0) is 17.5. The predicted octanol–water partition coefficient (Wildman–Crippen LogP) is 2.99. The molecule has 0 bridgehead atoms. The third-order valence-electron chi connectivity index (χ3n) is 5.19. The molecule has 1 amide bonds. The lowest BCUT2D eigenvalue weighted by Crippen LogP contribution is -2.46. The quantitative estimate of drug-likeness (QED) is 0.810. The number of aryl methyl sites for hydroxylation is 1. The zero-order valence-corrected chi connectivity index (χ0v) is 16.0. The molecule has 0 spiro atoms. The molecule has 2 heterocycles. The van der Waals surface area contributed by atoms with E-state index in [2.05, 4.69) is 41.4 Å². The number of amides is 1. The Morgan fingerprint density at radius 2 is 2.08 bits per heavy atom. The minimum atomic E-state index is 0.177. The highest BCUT2D eigenvalue weighted by Gasteiger charge is 2.24. The summed E-state index contributed by atoms with van der Waals surface area (Å²) < 4.78 is 5.72. The second-order valence-corrected chi connectivity index (χ2v) is 8.18. The Morgan fingerprint density at radius 1 is 1.28 bits per heavy atom. The summed E-state index contributed by atoms with van der Waals surface area (Å²) in [7, 11) is 0. The van der Waals surface area contributed by atoms with Crippen LogP contribution in [0.25, 0.3) is 0 Å². The lowest BCUT2D eigenvalue weighted by Gasteiger charge is -2.33. The van der Waals surface area contributed by atoms with Crippen LogP contribution in [-0.2, 0) is 15.3 Å². The smallest absolute Gasteiger partial charge is 0.230 e. The molecule has 0 aromatic heterocycles. The summed E-state index contributed by atoms with van der Waals surface area (Å²) in [5, 5.41) is 3.22. The van der Waals surface area contributed by atoms with E-state index in [1.54, 1.807) is 11.8 Å².